The van der Waals surface area contributed by atoms with Crippen LogP contribution in [0, 0.1) is 0 Å². The first kappa shape index (κ1) is 24.3. The number of rotatable bonds is 9. The Kier molecular flexibility index (Phi) is 7.67. The summed E-state index contributed by atoms with van der Waals surface area (Å²) in [6.45, 7) is 0.737. The Morgan fingerprint density at radius 3 is 2.34 bits per heavy atom. The number of hydrazone groups is 1. The van der Waals surface area contributed by atoms with Crippen LogP contribution in [0.3, 0.4) is 0 Å². The SMILES string of the molecule is COc1ccc(C2CC(c3ccccc3)=NN2C(=O)CN(C)Cc2cccc(OC)c2OC)cc1. The number of amides is 1. The Labute approximate surface area is 206 Å². The molecule has 1 unspecified atom stereocenters. The molecule has 7 heteroatoms. The van der Waals surface area contributed by atoms with Crippen molar-refractivity contribution in [3.63, 3.8) is 0 Å². The Balaban J connectivity index is 1.55. The zero-order valence-corrected chi connectivity index (χ0v) is 20.6. The van der Waals surface area contributed by atoms with Crippen molar-refractivity contribution in [1.82, 2.24) is 9.91 Å². The average molecular weight is 474 g/mol. The molecule has 1 amide bonds. The van der Waals surface area contributed by atoms with E-state index < -0.39 is 0 Å². The highest BCUT2D eigenvalue weighted by Crippen LogP contribution is 2.34. The van der Waals surface area contributed by atoms with E-state index in [2.05, 4.69) is 0 Å². The molecule has 1 atom stereocenters. The number of ether oxygens (including phenoxy) is 3. The molecular weight excluding hydrogens is 442 g/mol. The average Bonchev–Trinajstić information content (AvgIpc) is 3.35. The summed E-state index contributed by atoms with van der Waals surface area (Å²) in [5.41, 5.74) is 3.89. The summed E-state index contributed by atoms with van der Waals surface area (Å²) in [6, 6.07) is 23.4. The second-order valence-electron chi connectivity index (χ2n) is 8.47. The van der Waals surface area contributed by atoms with Crippen molar-refractivity contribution in [2.24, 2.45) is 5.10 Å². The van der Waals surface area contributed by atoms with E-state index in [0.29, 0.717) is 24.5 Å². The first-order valence-corrected chi connectivity index (χ1v) is 11.5. The molecule has 3 aromatic rings. The minimum atomic E-state index is -0.177. The van der Waals surface area contributed by atoms with E-state index in [1.165, 1.54) is 0 Å². The van der Waals surface area contributed by atoms with E-state index >= 15 is 0 Å². The summed E-state index contributed by atoms with van der Waals surface area (Å²) < 4.78 is 16.3. The van der Waals surface area contributed by atoms with Crippen molar-refractivity contribution in [3.05, 3.63) is 89.5 Å². The zero-order valence-electron chi connectivity index (χ0n) is 20.6. The van der Waals surface area contributed by atoms with Gasteiger partial charge in [0, 0.05) is 18.5 Å². The third kappa shape index (κ3) is 5.46. The third-order valence-electron chi connectivity index (χ3n) is 6.10. The van der Waals surface area contributed by atoms with Crippen LogP contribution in [0.4, 0.5) is 0 Å². The summed E-state index contributed by atoms with van der Waals surface area (Å²) in [7, 11) is 6.79. The van der Waals surface area contributed by atoms with Gasteiger partial charge in [0.05, 0.1) is 39.6 Å². The van der Waals surface area contributed by atoms with Crippen LogP contribution in [0.15, 0.2) is 77.9 Å². The lowest BCUT2D eigenvalue weighted by atomic mass is 9.98. The van der Waals surface area contributed by atoms with Gasteiger partial charge in [-0.3, -0.25) is 9.69 Å². The van der Waals surface area contributed by atoms with Crippen molar-refractivity contribution in [1.29, 1.82) is 0 Å². The Hall–Kier alpha value is -3.84. The molecule has 182 valence electrons. The maximum atomic E-state index is 13.5. The lowest BCUT2D eigenvalue weighted by Gasteiger charge is -2.25. The normalized spacial score (nSPS) is 15.2. The molecule has 1 aliphatic rings. The first-order chi connectivity index (χ1) is 17.0. The molecule has 0 radical (unpaired) electrons. The Morgan fingerprint density at radius 1 is 0.943 bits per heavy atom. The molecule has 7 nitrogen and oxygen atoms in total. The highest BCUT2D eigenvalue weighted by molar-refractivity contribution is 6.03. The number of benzene rings is 3. The fourth-order valence-electron chi connectivity index (χ4n) is 4.36. The molecule has 0 bridgehead atoms. The first-order valence-electron chi connectivity index (χ1n) is 11.5. The van der Waals surface area contributed by atoms with Gasteiger partial charge in [-0.05, 0) is 36.4 Å². The molecule has 0 N–H and O–H groups in total. The van der Waals surface area contributed by atoms with Gasteiger partial charge in [0.2, 0.25) is 0 Å². The number of likely N-dealkylation sites (N-methyl/N-ethyl adjacent to an activating group) is 1. The van der Waals surface area contributed by atoms with E-state index in [1.807, 2.05) is 84.7 Å². The van der Waals surface area contributed by atoms with Crippen LogP contribution in [-0.4, -0.2) is 56.4 Å². The largest absolute Gasteiger partial charge is 0.497 e. The van der Waals surface area contributed by atoms with Gasteiger partial charge in [-0.15, -0.1) is 0 Å². The monoisotopic (exact) mass is 473 g/mol. The van der Waals surface area contributed by atoms with Crippen molar-refractivity contribution < 1.29 is 19.0 Å². The lowest BCUT2D eigenvalue weighted by molar-refractivity contribution is -0.134. The molecule has 3 aromatic carbocycles. The minimum Gasteiger partial charge on any atom is -0.497 e. The molecule has 0 saturated carbocycles. The molecule has 35 heavy (non-hydrogen) atoms. The molecule has 0 saturated heterocycles. The number of hydrogen-bond acceptors (Lipinski definition) is 6. The predicted molar refractivity (Wildman–Crippen MR) is 136 cm³/mol. The topological polar surface area (TPSA) is 63.6 Å². The van der Waals surface area contributed by atoms with Gasteiger partial charge in [-0.25, -0.2) is 5.01 Å². The van der Waals surface area contributed by atoms with Crippen LogP contribution in [0.5, 0.6) is 17.2 Å². The van der Waals surface area contributed by atoms with Crippen molar-refractivity contribution in [2.45, 2.75) is 19.0 Å². The van der Waals surface area contributed by atoms with Gasteiger partial charge >= 0.3 is 0 Å². The third-order valence-corrected chi connectivity index (χ3v) is 6.10. The number of nitrogens with zero attached hydrogens (tertiary/aromatic N) is 3. The smallest absolute Gasteiger partial charge is 0.257 e. The fraction of sp³-hybridized carbons (Fsp3) is 0.286. The van der Waals surface area contributed by atoms with Gasteiger partial charge in [0.1, 0.15) is 5.75 Å². The molecule has 1 aliphatic heterocycles. The quantitative estimate of drug-likeness (QED) is 0.457. The summed E-state index contributed by atoms with van der Waals surface area (Å²) in [5.74, 6) is 2.05. The van der Waals surface area contributed by atoms with Crippen LogP contribution < -0.4 is 14.2 Å². The number of methoxy groups -OCH3 is 3. The minimum absolute atomic E-state index is 0.0684. The van der Waals surface area contributed by atoms with Gasteiger partial charge in [0.25, 0.3) is 5.91 Å². The van der Waals surface area contributed by atoms with Gasteiger partial charge in [-0.1, -0.05) is 54.6 Å². The molecule has 1 heterocycles. The maximum absolute atomic E-state index is 13.5. The van der Waals surface area contributed by atoms with Gasteiger partial charge in [-0.2, -0.15) is 5.10 Å². The molecule has 0 aromatic heterocycles. The molecule has 0 spiro atoms. The van der Waals surface area contributed by atoms with Crippen LogP contribution >= 0.6 is 0 Å². The summed E-state index contributed by atoms with van der Waals surface area (Å²) >= 11 is 0. The van der Waals surface area contributed by atoms with Crippen molar-refractivity contribution in [2.75, 3.05) is 34.9 Å². The van der Waals surface area contributed by atoms with Crippen LogP contribution in [0.25, 0.3) is 0 Å². The summed E-state index contributed by atoms with van der Waals surface area (Å²) in [6.07, 6.45) is 0.648. The predicted octanol–water partition coefficient (Wildman–Crippen LogP) is 4.52. The maximum Gasteiger partial charge on any atom is 0.257 e. The number of para-hydroxylation sites is 1. The molecular formula is C28H31N3O4. The Morgan fingerprint density at radius 2 is 1.69 bits per heavy atom. The van der Waals surface area contributed by atoms with E-state index in [4.69, 9.17) is 19.3 Å². The standard InChI is InChI=1S/C28H31N3O4/c1-30(18-22-11-8-12-26(34-3)28(22)35-4)19-27(32)31-25(21-13-15-23(33-2)16-14-21)17-24(29-31)20-9-6-5-7-10-20/h5-16,25H,17-19H2,1-4H3. The fourth-order valence-corrected chi connectivity index (χ4v) is 4.36. The number of carbonyl (C=O) groups is 1. The van der Waals surface area contributed by atoms with Crippen molar-refractivity contribution >= 4 is 11.6 Å². The molecule has 4 rings (SSSR count). The number of carbonyl (C=O) groups excluding carboxylic acids is 1. The van der Waals surface area contributed by atoms with E-state index in [-0.39, 0.29) is 18.5 Å². The Bertz CT molecular complexity index is 1180. The highest BCUT2D eigenvalue weighted by atomic mass is 16.5. The van der Waals surface area contributed by atoms with E-state index in [0.717, 1.165) is 28.2 Å². The van der Waals surface area contributed by atoms with Gasteiger partial charge < -0.3 is 14.2 Å². The van der Waals surface area contributed by atoms with E-state index in [1.54, 1.807) is 26.3 Å². The summed E-state index contributed by atoms with van der Waals surface area (Å²) in [4.78, 5) is 15.5. The molecule has 0 fully saturated rings. The van der Waals surface area contributed by atoms with Gasteiger partial charge in [0.15, 0.2) is 11.5 Å². The lowest BCUT2D eigenvalue weighted by Crippen LogP contribution is -2.36. The zero-order chi connectivity index (χ0) is 24.8. The molecule has 0 aliphatic carbocycles. The highest BCUT2D eigenvalue weighted by Gasteiger charge is 2.33. The summed E-state index contributed by atoms with van der Waals surface area (Å²) in [5, 5.41) is 6.41. The second-order valence-corrected chi connectivity index (χ2v) is 8.47. The van der Waals surface area contributed by atoms with E-state index in [9.17, 15) is 4.79 Å². The van der Waals surface area contributed by atoms with Crippen molar-refractivity contribution in [3.8, 4) is 17.2 Å². The van der Waals surface area contributed by atoms with Crippen LogP contribution in [0.1, 0.15) is 29.2 Å². The van der Waals surface area contributed by atoms with Crippen LogP contribution in [0.2, 0.25) is 0 Å². The number of hydrogen-bond donors (Lipinski definition) is 0. The second kappa shape index (κ2) is 11.1. The van der Waals surface area contributed by atoms with Crippen LogP contribution in [-0.2, 0) is 11.3 Å².